The zero-order chi connectivity index (χ0) is 81.6. The van der Waals surface area contributed by atoms with Gasteiger partial charge in [0.1, 0.15) is 36.6 Å². The van der Waals surface area contributed by atoms with Crippen molar-refractivity contribution in [3.63, 3.8) is 0 Å². The van der Waals surface area contributed by atoms with Gasteiger partial charge < -0.3 is 43.1 Å². The van der Waals surface area contributed by atoms with Gasteiger partial charge in [-0.25, -0.2) is 32.6 Å². The summed E-state index contributed by atoms with van der Waals surface area (Å²) in [5.41, 5.74) is 0. The SMILES string of the molecule is CCCCCCCCCCCCCCCCCCOCC(CC(C[n+]1ccccc1)OP(=O)(OC(CC(COCCCCCCCCCCCCCCCCCC)OC(=O)N(C)C)C[n+]1ccccc1)OC(CC(COCCCCCCCCCCCCCCCCCC)OC(=O)N(C)C)C[n+]1ccccc1)OC(=O)N(C)C. The van der Waals surface area contributed by atoms with Crippen LogP contribution in [0, 0.1) is 0 Å². The van der Waals surface area contributed by atoms with Crippen LogP contribution in [0.5, 0.6) is 0 Å². The third-order valence-corrected chi connectivity index (χ3v) is 22.9. The first kappa shape index (κ1) is 102. The number of pyridine rings is 3. The van der Waals surface area contributed by atoms with E-state index >= 15 is 4.57 Å². The highest BCUT2D eigenvalue weighted by molar-refractivity contribution is 7.48. The fourth-order valence-electron chi connectivity index (χ4n) is 14.4. The molecule has 6 unspecified atom stereocenters. The molecule has 0 aromatic carbocycles. The summed E-state index contributed by atoms with van der Waals surface area (Å²) in [6, 6.07) is 17.2. The lowest BCUT2D eigenvalue weighted by Gasteiger charge is -2.31. The minimum Gasteiger partial charge on any atom is -0.444 e. The smallest absolute Gasteiger partial charge is 0.444 e. The molecule has 3 rings (SSSR count). The van der Waals surface area contributed by atoms with Crippen LogP contribution in [0.25, 0.3) is 0 Å². The van der Waals surface area contributed by atoms with E-state index in [0.717, 1.165) is 57.8 Å². The van der Waals surface area contributed by atoms with Gasteiger partial charge in [0.2, 0.25) is 0 Å². The van der Waals surface area contributed by atoms with E-state index in [9.17, 15) is 14.4 Å². The average Bonchev–Trinajstić information content (AvgIpc) is 0.820. The lowest BCUT2D eigenvalue weighted by atomic mass is 10.0. The molecule has 0 radical (unpaired) electrons. The van der Waals surface area contributed by atoms with Gasteiger partial charge >= 0.3 is 26.1 Å². The molecule has 113 heavy (non-hydrogen) atoms. The highest BCUT2D eigenvalue weighted by atomic mass is 31.2. The molecule has 0 saturated heterocycles. The second-order valence-corrected chi connectivity index (χ2v) is 34.4. The Balaban J connectivity index is 1.97. The van der Waals surface area contributed by atoms with Gasteiger partial charge in [-0.1, -0.05) is 328 Å². The third-order valence-electron chi connectivity index (χ3n) is 21.2. The van der Waals surface area contributed by atoms with Crippen LogP contribution in [-0.2, 0) is 66.2 Å². The minimum absolute atomic E-state index is 0.0277. The van der Waals surface area contributed by atoms with E-state index in [-0.39, 0.29) is 58.7 Å². The summed E-state index contributed by atoms with van der Waals surface area (Å²) >= 11 is 0. The topological polar surface area (TPSA) is 173 Å². The molecule has 3 heterocycles. The number of nitrogens with zero attached hydrogens (tertiary/aromatic N) is 6. The fraction of sp³-hybridized carbons (Fsp3) is 0.806. The van der Waals surface area contributed by atoms with Crippen molar-refractivity contribution in [2.75, 3.05) is 81.9 Å². The predicted molar refractivity (Wildman–Crippen MR) is 459 cm³/mol. The molecule has 0 spiro atoms. The Morgan fingerprint density at radius 1 is 0.265 bits per heavy atom. The zero-order valence-electron chi connectivity index (χ0n) is 73.5. The summed E-state index contributed by atoms with van der Waals surface area (Å²) in [5.74, 6) is 0. The maximum atomic E-state index is 17.0. The van der Waals surface area contributed by atoms with Gasteiger partial charge in [-0.2, -0.15) is 0 Å². The van der Waals surface area contributed by atoms with Crippen LogP contribution in [0.1, 0.15) is 348 Å². The molecule has 3 amide bonds. The van der Waals surface area contributed by atoms with Crippen LogP contribution in [0.4, 0.5) is 14.4 Å². The predicted octanol–water partition coefficient (Wildman–Crippen LogP) is 23.4. The van der Waals surface area contributed by atoms with Crippen molar-refractivity contribution in [1.29, 1.82) is 0 Å². The lowest BCUT2D eigenvalue weighted by Crippen LogP contribution is -2.45. The largest absolute Gasteiger partial charge is 0.476 e. The zero-order valence-corrected chi connectivity index (χ0v) is 74.4. The van der Waals surface area contributed by atoms with Gasteiger partial charge in [0.05, 0.1) is 19.8 Å². The summed E-state index contributed by atoms with van der Waals surface area (Å²) in [7, 11) is 4.90. The van der Waals surface area contributed by atoms with E-state index in [1.807, 2.05) is 105 Å². The quantitative estimate of drug-likeness (QED) is 0.0226. The van der Waals surface area contributed by atoms with Crippen molar-refractivity contribution in [2.24, 2.45) is 0 Å². The van der Waals surface area contributed by atoms with Gasteiger partial charge in [-0.05, 0) is 19.3 Å². The molecule has 19 nitrogen and oxygen atoms in total. The Morgan fingerprint density at radius 2 is 0.442 bits per heavy atom. The van der Waals surface area contributed by atoms with Crippen LogP contribution >= 0.6 is 7.82 Å². The van der Waals surface area contributed by atoms with E-state index in [0.29, 0.717) is 19.8 Å². The van der Waals surface area contributed by atoms with Crippen LogP contribution in [0.3, 0.4) is 0 Å². The van der Waals surface area contributed by atoms with Gasteiger partial charge in [-0.3, -0.25) is 13.6 Å². The highest BCUT2D eigenvalue weighted by Crippen LogP contribution is 2.54. The van der Waals surface area contributed by atoms with Crippen LogP contribution in [0.2, 0.25) is 0 Å². The normalized spacial score (nSPS) is 13.7. The van der Waals surface area contributed by atoms with Crippen molar-refractivity contribution in [2.45, 2.75) is 404 Å². The number of aromatic nitrogens is 3. The van der Waals surface area contributed by atoms with Crippen molar-refractivity contribution < 1.29 is 74.6 Å². The Morgan fingerprint density at radius 3 is 0.619 bits per heavy atom. The molecular weight excluding hydrogens is 1440 g/mol. The Bertz CT molecular complexity index is 2410. The number of rotatable bonds is 78. The molecule has 3 aromatic heterocycles. The fourth-order valence-corrected chi connectivity index (χ4v) is 16.1. The first-order valence-electron chi connectivity index (χ1n) is 46.0. The standard InChI is InChI=1S/C93H168N6O13P/c1-10-13-16-19-22-25-28-31-34-37-40-43-46-49-52-64-73-104-82-88(107-91(100)94(4)5)76-85(79-97-67-58-55-59-68-97)110-113(103,111-86(80-98-69-60-56-61-70-98)77-89(108-92(101)95(6)7)83-105-74-65-53-50-47-44-41-38-35-32-29-26-23-20-17-14-11-2)112-87(81-99-71-62-57-63-72-99)78-90(109-93(102)96(8)9)84-106-75-66-54-51-48-45-42-39-36-33-30-27-24-21-18-15-12-3/h55-63,67-72,85-90H,10-54,64-66,73-84H2,1-9H3/q+3. The van der Waals surface area contributed by atoms with Crippen molar-refractivity contribution in [1.82, 2.24) is 14.7 Å². The number of ether oxygens (including phenoxy) is 6. The van der Waals surface area contributed by atoms with E-state index in [1.54, 1.807) is 42.3 Å². The molecule has 0 aliphatic carbocycles. The summed E-state index contributed by atoms with van der Waals surface area (Å²) in [6.45, 7) is 8.82. The van der Waals surface area contributed by atoms with Gasteiger partial charge in [-0.15, -0.1) is 0 Å². The van der Waals surface area contributed by atoms with E-state index in [2.05, 4.69) is 20.8 Å². The summed E-state index contributed by atoms with van der Waals surface area (Å²) in [5, 5.41) is 0. The molecule has 0 fully saturated rings. The summed E-state index contributed by atoms with van der Waals surface area (Å²) in [4.78, 5) is 45.3. The molecular formula is C93H168N6O13P+3. The maximum Gasteiger partial charge on any atom is 0.476 e. The molecule has 650 valence electrons. The molecule has 3 aromatic rings. The highest BCUT2D eigenvalue weighted by Gasteiger charge is 2.43. The number of carbonyl (C=O) groups excluding carboxylic acids is 3. The Labute approximate surface area is 690 Å². The van der Waals surface area contributed by atoms with E-state index < -0.39 is 62.7 Å². The summed E-state index contributed by atoms with van der Waals surface area (Å²) < 4.78 is 82.1. The second-order valence-electron chi connectivity index (χ2n) is 32.9. The molecule has 20 heteroatoms. The first-order chi connectivity index (χ1) is 55.1. The van der Waals surface area contributed by atoms with Crippen molar-refractivity contribution in [3.8, 4) is 0 Å². The number of unbranched alkanes of at least 4 members (excludes halogenated alkanes) is 45. The number of hydrogen-bond donors (Lipinski definition) is 0. The molecule has 0 aliphatic rings. The minimum atomic E-state index is -4.94. The Kier molecular flexibility index (Phi) is 64.7. The number of carbonyl (C=O) groups is 3. The number of amides is 3. The first-order valence-corrected chi connectivity index (χ1v) is 47.4. The summed E-state index contributed by atoms with van der Waals surface area (Å²) in [6.07, 6.45) is 64.9. The number of phosphoric ester groups is 1. The maximum absolute atomic E-state index is 17.0. The average molecular weight is 1610 g/mol. The number of hydrogen-bond acceptors (Lipinski definition) is 13. The third kappa shape index (κ3) is 58.7. The molecule has 0 bridgehead atoms. The second kappa shape index (κ2) is 71.4. The van der Waals surface area contributed by atoms with Crippen molar-refractivity contribution in [3.05, 3.63) is 91.8 Å². The molecule has 0 saturated carbocycles. The van der Waals surface area contributed by atoms with E-state index in [1.165, 1.54) is 265 Å². The van der Waals surface area contributed by atoms with Gasteiger partial charge in [0.15, 0.2) is 56.8 Å². The molecule has 0 aliphatic heterocycles. The molecule has 0 N–H and O–H groups in total. The lowest BCUT2D eigenvalue weighted by molar-refractivity contribution is -0.705. The Hall–Kier alpha value is -4.75. The molecule has 6 atom stereocenters. The number of phosphoric acid groups is 1. The van der Waals surface area contributed by atoms with Crippen LogP contribution in [-0.4, -0.2) is 152 Å². The van der Waals surface area contributed by atoms with Gasteiger partial charge in [0.25, 0.3) is 0 Å². The monoisotopic (exact) mass is 1610 g/mol. The van der Waals surface area contributed by atoms with E-state index in [4.69, 9.17) is 42.0 Å². The van der Waals surface area contributed by atoms with Crippen LogP contribution in [0.15, 0.2) is 91.8 Å². The van der Waals surface area contributed by atoms with Gasteiger partial charge in [0, 0.05) is 118 Å². The van der Waals surface area contributed by atoms with Crippen molar-refractivity contribution >= 4 is 26.1 Å². The van der Waals surface area contributed by atoms with Crippen LogP contribution < -0.4 is 13.7 Å².